The summed E-state index contributed by atoms with van der Waals surface area (Å²) in [6.45, 7) is 13.1. The minimum Gasteiger partial charge on any atom is -0.493 e. The van der Waals surface area contributed by atoms with Crippen LogP contribution in [0.25, 0.3) is 0 Å². The van der Waals surface area contributed by atoms with Crippen LogP contribution in [0, 0.1) is 5.92 Å². The molecule has 204 valence electrons. The minimum absolute atomic E-state index is 0.0534. The molecule has 1 heterocycles. The number of hydrogen-bond donors (Lipinski definition) is 0. The first-order valence-corrected chi connectivity index (χ1v) is 13.8. The van der Waals surface area contributed by atoms with Crippen molar-refractivity contribution >= 4 is 40.8 Å². The zero-order chi connectivity index (χ0) is 27.0. The van der Waals surface area contributed by atoms with Gasteiger partial charge in [-0.1, -0.05) is 56.1 Å². The van der Waals surface area contributed by atoms with Crippen LogP contribution >= 0.6 is 34.8 Å². The van der Waals surface area contributed by atoms with Crippen LogP contribution in [-0.2, 0) is 19.7 Å². The summed E-state index contributed by atoms with van der Waals surface area (Å²) < 4.78 is 22.3. The third-order valence-electron chi connectivity index (χ3n) is 6.42. The fourth-order valence-corrected chi connectivity index (χ4v) is 4.98. The molecule has 0 saturated carbocycles. The summed E-state index contributed by atoms with van der Waals surface area (Å²) >= 11 is 18.9. The average Bonchev–Trinajstić information content (AvgIpc) is 2.86. The number of rotatable bonds is 12. The zero-order valence-electron chi connectivity index (χ0n) is 21.9. The van der Waals surface area contributed by atoms with Crippen LogP contribution in [0.5, 0.6) is 11.5 Å². The largest absolute Gasteiger partial charge is 0.493 e. The van der Waals surface area contributed by atoms with Gasteiger partial charge in [0.1, 0.15) is 18.5 Å². The van der Waals surface area contributed by atoms with Crippen molar-refractivity contribution in [3.8, 4) is 11.5 Å². The molecule has 6 nitrogen and oxygen atoms in total. The van der Waals surface area contributed by atoms with Crippen molar-refractivity contribution in [3.05, 3.63) is 57.6 Å². The smallest absolute Gasteiger partial charge is 0.303 e. The molecule has 2 aromatic carbocycles. The normalized spacial score (nSPS) is 16.2. The number of benzene rings is 2. The molecular formula is C28H36Cl3NO5. The van der Waals surface area contributed by atoms with Crippen LogP contribution in [0.4, 0.5) is 0 Å². The first-order valence-electron chi connectivity index (χ1n) is 12.5. The Labute approximate surface area is 235 Å². The van der Waals surface area contributed by atoms with E-state index in [1.807, 2.05) is 24.3 Å². The highest BCUT2D eigenvalue weighted by Gasteiger charge is 2.26. The van der Waals surface area contributed by atoms with Crippen molar-refractivity contribution in [2.45, 2.75) is 39.2 Å². The number of halogens is 3. The number of nitrogens with zero attached hydrogens (tertiary/aromatic N) is 1. The molecule has 3 rings (SSSR count). The first kappa shape index (κ1) is 29.9. The summed E-state index contributed by atoms with van der Waals surface area (Å²) in [5.41, 5.74) is 1.67. The first-order chi connectivity index (χ1) is 17.6. The summed E-state index contributed by atoms with van der Waals surface area (Å²) in [5, 5.41) is 0.752. The van der Waals surface area contributed by atoms with Crippen molar-refractivity contribution < 1.29 is 23.7 Å². The molecular weight excluding hydrogens is 537 g/mol. The maximum Gasteiger partial charge on any atom is 0.303 e. The Hall–Kier alpha value is -1.70. The van der Waals surface area contributed by atoms with E-state index >= 15 is 0 Å². The fraction of sp³-hybridized carbons (Fsp3) is 0.536. The second-order valence-electron chi connectivity index (χ2n) is 9.94. The third kappa shape index (κ3) is 8.66. The van der Waals surface area contributed by atoms with Gasteiger partial charge in [0.25, 0.3) is 0 Å². The zero-order valence-corrected chi connectivity index (χ0v) is 24.2. The fourth-order valence-electron chi connectivity index (χ4n) is 4.23. The van der Waals surface area contributed by atoms with Crippen molar-refractivity contribution in [1.29, 1.82) is 0 Å². The Bertz CT molecular complexity index is 1000. The molecule has 0 aromatic heterocycles. The highest BCUT2D eigenvalue weighted by molar-refractivity contribution is 6.37. The van der Waals surface area contributed by atoms with Crippen LogP contribution in [-0.4, -0.2) is 68.9 Å². The van der Waals surface area contributed by atoms with Gasteiger partial charge in [-0.05, 0) is 35.4 Å². The van der Waals surface area contributed by atoms with Gasteiger partial charge in [-0.3, -0.25) is 9.69 Å². The summed E-state index contributed by atoms with van der Waals surface area (Å²) in [5.74, 6) is 1.28. The predicted octanol–water partition coefficient (Wildman–Crippen LogP) is 6.22. The molecule has 2 atom stereocenters. The Kier molecular flexibility index (Phi) is 11.2. The molecule has 1 saturated heterocycles. The van der Waals surface area contributed by atoms with E-state index in [9.17, 15) is 4.79 Å². The van der Waals surface area contributed by atoms with Gasteiger partial charge in [0.15, 0.2) is 5.75 Å². The summed E-state index contributed by atoms with van der Waals surface area (Å²) in [4.78, 5) is 13.6. The minimum atomic E-state index is -0.592. The molecule has 1 fully saturated rings. The molecule has 2 aromatic rings. The van der Waals surface area contributed by atoms with Gasteiger partial charge in [-0.15, -0.1) is 11.6 Å². The van der Waals surface area contributed by atoms with E-state index in [1.54, 1.807) is 0 Å². The molecule has 0 bridgehead atoms. The molecule has 0 aliphatic carbocycles. The molecule has 0 amide bonds. The number of ether oxygens (including phenoxy) is 4. The predicted molar refractivity (Wildman–Crippen MR) is 149 cm³/mol. The number of alkyl halides is 1. The molecule has 0 radical (unpaired) electrons. The van der Waals surface area contributed by atoms with E-state index in [0.29, 0.717) is 28.3 Å². The second-order valence-corrected chi connectivity index (χ2v) is 11.1. The highest BCUT2D eigenvalue weighted by atomic mass is 35.5. The number of esters is 1. The van der Waals surface area contributed by atoms with Gasteiger partial charge in [-0.25, -0.2) is 0 Å². The number of carbonyl (C=O) groups is 1. The molecule has 1 aliphatic heterocycles. The molecule has 9 heteroatoms. The van der Waals surface area contributed by atoms with Gasteiger partial charge in [0, 0.05) is 37.9 Å². The van der Waals surface area contributed by atoms with Gasteiger partial charge in [0.2, 0.25) is 0 Å². The maximum absolute atomic E-state index is 11.2. The van der Waals surface area contributed by atoms with E-state index in [-0.39, 0.29) is 17.9 Å². The van der Waals surface area contributed by atoms with Gasteiger partial charge in [0.05, 0.1) is 35.7 Å². The Morgan fingerprint density at radius 3 is 2.22 bits per heavy atom. The maximum atomic E-state index is 11.2. The van der Waals surface area contributed by atoms with Crippen molar-refractivity contribution in [1.82, 2.24) is 4.90 Å². The molecule has 0 N–H and O–H groups in total. The van der Waals surface area contributed by atoms with Crippen molar-refractivity contribution in [2.24, 2.45) is 5.92 Å². The van der Waals surface area contributed by atoms with Crippen LogP contribution in [0.3, 0.4) is 0 Å². The van der Waals surface area contributed by atoms with Gasteiger partial charge in [-0.2, -0.15) is 0 Å². The van der Waals surface area contributed by atoms with E-state index < -0.39 is 12.1 Å². The Morgan fingerprint density at radius 2 is 1.65 bits per heavy atom. The van der Waals surface area contributed by atoms with Gasteiger partial charge >= 0.3 is 5.97 Å². The standard InChI is InChI=1S/C28H36Cl3NO5/c1-19(16-32-9-11-34-12-10-32)17-35-23-7-5-21(6-8-23)28(3,4)22-13-25(30)27(26(31)14-22)36-18-24(15-29)37-20(2)33/h5-8,13-14,19,24H,9-12,15-18H2,1-4H3/t19-,24-/m1/s1. The Balaban J connectivity index is 1.62. The highest BCUT2D eigenvalue weighted by Crippen LogP contribution is 2.40. The summed E-state index contributed by atoms with van der Waals surface area (Å²) in [6.07, 6.45) is -0.592. The van der Waals surface area contributed by atoms with Crippen molar-refractivity contribution in [3.63, 3.8) is 0 Å². The lowest BCUT2D eigenvalue weighted by Crippen LogP contribution is -2.39. The number of hydrogen-bond acceptors (Lipinski definition) is 6. The van der Waals surface area contributed by atoms with Crippen LogP contribution in [0.2, 0.25) is 10.0 Å². The number of carbonyl (C=O) groups excluding carboxylic acids is 1. The van der Waals surface area contributed by atoms with Crippen LogP contribution in [0.15, 0.2) is 36.4 Å². The molecule has 0 spiro atoms. The quantitative estimate of drug-likeness (QED) is 0.222. The lowest BCUT2D eigenvalue weighted by atomic mass is 9.78. The van der Waals surface area contributed by atoms with Crippen LogP contribution < -0.4 is 9.47 Å². The summed E-state index contributed by atoms with van der Waals surface area (Å²) in [6, 6.07) is 11.8. The van der Waals surface area contributed by atoms with E-state index in [2.05, 4.69) is 37.8 Å². The topological polar surface area (TPSA) is 57.2 Å². The average molecular weight is 573 g/mol. The van der Waals surface area contributed by atoms with E-state index in [1.165, 1.54) is 6.92 Å². The number of morpholine rings is 1. The lowest BCUT2D eigenvalue weighted by molar-refractivity contribution is -0.146. The molecule has 37 heavy (non-hydrogen) atoms. The molecule has 1 aliphatic rings. The monoisotopic (exact) mass is 571 g/mol. The van der Waals surface area contributed by atoms with E-state index in [0.717, 1.165) is 49.7 Å². The Morgan fingerprint density at radius 1 is 1.03 bits per heavy atom. The van der Waals surface area contributed by atoms with Gasteiger partial charge < -0.3 is 18.9 Å². The SMILES string of the molecule is CC(=O)O[C@H](CCl)COc1c(Cl)cc(C(C)(C)c2ccc(OC[C@H](C)CN3CCOCC3)cc2)cc1Cl. The second kappa shape index (κ2) is 13.9. The lowest BCUT2D eigenvalue weighted by Gasteiger charge is -2.29. The summed E-state index contributed by atoms with van der Waals surface area (Å²) in [7, 11) is 0. The molecule has 0 unspecified atom stereocenters. The van der Waals surface area contributed by atoms with Crippen LogP contribution in [0.1, 0.15) is 38.8 Å². The van der Waals surface area contributed by atoms with Crippen molar-refractivity contribution in [2.75, 3.05) is 51.9 Å². The third-order valence-corrected chi connectivity index (χ3v) is 7.33. The van der Waals surface area contributed by atoms with E-state index in [4.69, 9.17) is 53.8 Å².